The molecule has 0 radical (unpaired) electrons. The molecule has 24 heavy (non-hydrogen) atoms. The number of aromatic amines is 1. The predicted octanol–water partition coefficient (Wildman–Crippen LogP) is 2.50. The third kappa shape index (κ3) is 2.62. The summed E-state index contributed by atoms with van der Waals surface area (Å²) in [6.45, 7) is 3.73. The second-order valence-corrected chi connectivity index (χ2v) is 6.11. The molecule has 3 heterocycles. The van der Waals surface area contributed by atoms with E-state index in [1.54, 1.807) is 22.7 Å². The Morgan fingerprint density at radius 1 is 1.17 bits per heavy atom. The molecule has 0 spiro atoms. The van der Waals surface area contributed by atoms with Gasteiger partial charge in [-0.1, -0.05) is 22.1 Å². The summed E-state index contributed by atoms with van der Waals surface area (Å²) in [5, 5.41) is 12.1. The summed E-state index contributed by atoms with van der Waals surface area (Å²) in [4.78, 5) is 8.66. The SMILES string of the molecule is Cc1cc(Sc2nnc(-c3ccccc3F)o2)[n+]2[nH]c(C)nc2n1. The summed E-state index contributed by atoms with van der Waals surface area (Å²) in [6, 6.07) is 8.15. The lowest BCUT2D eigenvalue weighted by atomic mass is 10.2. The smallest absolute Gasteiger partial charge is 0.411 e. The first-order valence-electron chi connectivity index (χ1n) is 7.12. The number of hydrogen-bond donors (Lipinski definition) is 1. The maximum Gasteiger partial charge on any atom is 0.458 e. The highest BCUT2D eigenvalue weighted by molar-refractivity contribution is 7.98. The first-order valence-corrected chi connectivity index (χ1v) is 7.94. The third-order valence-corrected chi connectivity index (χ3v) is 4.12. The van der Waals surface area contributed by atoms with Crippen LogP contribution >= 0.6 is 11.8 Å². The molecule has 3 aromatic heterocycles. The number of nitrogens with zero attached hydrogens (tertiary/aromatic N) is 5. The fourth-order valence-corrected chi connectivity index (χ4v) is 3.09. The minimum atomic E-state index is -0.404. The zero-order valence-electron chi connectivity index (χ0n) is 12.8. The van der Waals surface area contributed by atoms with Crippen LogP contribution in [0, 0.1) is 19.7 Å². The summed E-state index contributed by atoms with van der Waals surface area (Å²) in [7, 11) is 0. The molecule has 0 bridgehead atoms. The number of fused-ring (bicyclic) bond motifs is 1. The Bertz CT molecular complexity index is 1040. The van der Waals surface area contributed by atoms with Crippen LogP contribution in [0.4, 0.5) is 4.39 Å². The average Bonchev–Trinajstić information content (AvgIpc) is 3.14. The third-order valence-electron chi connectivity index (χ3n) is 3.27. The minimum absolute atomic E-state index is 0.142. The fraction of sp³-hybridized carbons (Fsp3) is 0.133. The highest BCUT2D eigenvalue weighted by Crippen LogP contribution is 2.28. The summed E-state index contributed by atoms with van der Waals surface area (Å²) < 4.78 is 21.1. The topological polar surface area (TPSA) is 84.6 Å². The van der Waals surface area contributed by atoms with Gasteiger partial charge in [-0.15, -0.1) is 14.7 Å². The number of halogens is 1. The molecule has 0 aliphatic carbocycles. The quantitative estimate of drug-likeness (QED) is 0.454. The molecule has 0 fully saturated rings. The number of H-pyrrole nitrogens is 1. The maximum absolute atomic E-state index is 13.8. The lowest BCUT2D eigenvalue weighted by Gasteiger charge is -1.97. The van der Waals surface area contributed by atoms with Crippen molar-refractivity contribution in [1.29, 1.82) is 0 Å². The molecule has 120 valence electrons. The van der Waals surface area contributed by atoms with Crippen molar-refractivity contribution in [1.82, 2.24) is 25.3 Å². The summed E-state index contributed by atoms with van der Waals surface area (Å²) in [5.41, 5.74) is 1.09. The van der Waals surface area contributed by atoms with Gasteiger partial charge in [0.1, 0.15) is 11.5 Å². The first-order chi connectivity index (χ1) is 11.6. The lowest BCUT2D eigenvalue weighted by molar-refractivity contribution is -0.620. The molecule has 0 aliphatic rings. The van der Waals surface area contributed by atoms with Crippen molar-refractivity contribution in [3.63, 3.8) is 0 Å². The molecular formula is C15H12FN6OS+. The van der Waals surface area contributed by atoms with Gasteiger partial charge >= 0.3 is 5.78 Å². The number of aryl methyl sites for hydroxylation is 2. The van der Waals surface area contributed by atoms with E-state index in [0.29, 0.717) is 11.0 Å². The van der Waals surface area contributed by atoms with Crippen molar-refractivity contribution in [3.05, 3.63) is 47.7 Å². The largest absolute Gasteiger partial charge is 0.458 e. The minimum Gasteiger partial charge on any atom is -0.411 e. The van der Waals surface area contributed by atoms with E-state index < -0.39 is 5.82 Å². The molecule has 4 aromatic rings. The van der Waals surface area contributed by atoms with E-state index in [-0.39, 0.29) is 11.5 Å². The van der Waals surface area contributed by atoms with Crippen molar-refractivity contribution in [3.8, 4) is 11.5 Å². The van der Waals surface area contributed by atoms with Gasteiger partial charge in [0.25, 0.3) is 11.1 Å². The Kier molecular flexibility index (Phi) is 3.49. The van der Waals surface area contributed by atoms with Crippen LogP contribution in [-0.2, 0) is 0 Å². The molecule has 0 saturated carbocycles. The monoisotopic (exact) mass is 343 g/mol. The molecule has 0 aliphatic heterocycles. The zero-order chi connectivity index (χ0) is 16.7. The molecule has 1 N–H and O–H groups in total. The van der Waals surface area contributed by atoms with Crippen molar-refractivity contribution >= 4 is 17.5 Å². The van der Waals surface area contributed by atoms with Gasteiger partial charge in [-0.05, 0) is 19.1 Å². The van der Waals surface area contributed by atoms with Gasteiger partial charge in [0.2, 0.25) is 5.82 Å². The highest BCUT2D eigenvalue weighted by Gasteiger charge is 2.20. The van der Waals surface area contributed by atoms with E-state index in [9.17, 15) is 4.39 Å². The van der Waals surface area contributed by atoms with Crippen LogP contribution < -0.4 is 4.52 Å². The van der Waals surface area contributed by atoms with Crippen LogP contribution in [0.3, 0.4) is 0 Å². The first kappa shape index (κ1) is 14.8. The normalized spacial score (nSPS) is 11.3. The molecule has 1 aromatic carbocycles. The maximum atomic E-state index is 13.8. The highest BCUT2D eigenvalue weighted by atomic mass is 32.2. The van der Waals surface area contributed by atoms with Crippen molar-refractivity contribution in [2.45, 2.75) is 24.1 Å². The van der Waals surface area contributed by atoms with E-state index in [2.05, 4.69) is 25.3 Å². The fourth-order valence-electron chi connectivity index (χ4n) is 2.26. The van der Waals surface area contributed by atoms with Gasteiger partial charge in [0.05, 0.1) is 5.56 Å². The van der Waals surface area contributed by atoms with Crippen LogP contribution in [0.15, 0.2) is 45.0 Å². The molecule has 0 saturated heterocycles. The second kappa shape index (κ2) is 5.68. The van der Waals surface area contributed by atoms with Crippen LogP contribution in [0.2, 0.25) is 0 Å². The summed E-state index contributed by atoms with van der Waals surface area (Å²) in [5.74, 6) is 1.04. The van der Waals surface area contributed by atoms with Gasteiger partial charge in [-0.25, -0.2) is 9.49 Å². The molecular weight excluding hydrogens is 331 g/mol. The van der Waals surface area contributed by atoms with Gasteiger partial charge < -0.3 is 4.42 Å². The molecule has 7 nitrogen and oxygen atoms in total. The Morgan fingerprint density at radius 3 is 2.83 bits per heavy atom. The van der Waals surface area contributed by atoms with Gasteiger partial charge in [0, 0.05) is 24.8 Å². The number of hydrogen-bond acceptors (Lipinski definition) is 6. The van der Waals surface area contributed by atoms with Gasteiger partial charge in [0.15, 0.2) is 5.03 Å². The van der Waals surface area contributed by atoms with Crippen molar-refractivity contribution in [2.75, 3.05) is 0 Å². The van der Waals surface area contributed by atoms with E-state index in [1.165, 1.54) is 17.8 Å². The Hall–Kier alpha value is -2.81. The summed E-state index contributed by atoms with van der Waals surface area (Å²) in [6.07, 6.45) is 0. The molecule has 0 atom stereocenters. The number of nitrogens with one attached hydrogen (secondary N) is 1. The summed E-state index contributed by atoms with van der Waals surface area (Å²) >= 11 is 1.25. The van der Waals surface area contributed by atoms with Crippen LogP contribution in [-0.4, -0.2) is 25.3 Å². The van der Waals surface area contributed by atoms with Gasteiger partial charge in [-0.3, -0.25) is 0 Å². The number of rotatable bonds is 3. The van der Waals surface area contributed by atoms with Crippen molar-refractivity contribution in [2.24, 2.45) is 0 Å². The molecule has 0 unspecified atom stereocenters. The Labute approximate surface area is 140 Å². The predicted molar refractivity (Wildman–Crippen MR) is 82.8 cm³/mol. The van der Waals surface area contributed by atoms with Crippen LogP contribution in [0.25, 0.3) is 17.2 Å². The van der Waals surface area contributed by atoms with E-state index in [4.69, 9.17) is 4.42 Å². The molecule has 9 heteroatoms. The Morgan fingerprint density at radius 2 is 2.00 bits per heavy atom. The zero-order valence-corrected chi connectivity index (χ0v) is 13.6. The van der Waals surface area contributed by atoms with E-state index in [0.717, 1.165) is 16.5 Å². The van der Waals surface area contributed by atoms with Crippen molar-refractivity contribution < 1.29 is 13.3 Å². The van der Waals surface area contributed by atoms with Crippen LogP contribution in [0.1, 0.15) is 11.5 Å². The second-order valence-electron chi connectivity index (χ2n) is 5.14. The number of benzene rings is 1. The molecule has 4 rings (SSSR count). The number of aromatic nitrogens is 6. The van der Waals surface area contributed by atoms with E-state index in [1.807, 2.05) is 19.9 Å². The average molecular weight is 343 g/mol. The Balaban J connectivity index is 1.71. The molecule has 0 amide bonds. The van der Waals surface area contributed by atoms with Crippen LogP contribution in [0.5, 0.6) is 0 Å². The van der Waals surface area contributed by atoms with Gasteiger partial charge in [-0.2, -0.15) is 0 Å². The lowest BCUT2D eigenvalue weighted by Crippen LogP contribution is -2.27. The van der Waals surface area contributed by atoms with E-state index >= 15 is 0 Å². The standard InChI is InChI=1S/C15H11FN6OS/c1-8-7-12(22-14(17-8)18-9(2)21-22)24-15-20-19-13(23-15)10-5-3-4-6-11(10)16/h3-7H,1-2H3/p+1.